The molecule has 2 N–H and O–H groups in total. The highest BCUT2D eigenvalue weighted by molar-refractivity contribution is 6.39. The van der Waals surface area contributed by atoms with Gasteiger partial charge in [-0.15, -0.1) is 0 Å². The van der Waals surface area contributed by atoms with Crippen molar-refractivity contribution in [3.63, 3.8) is 0 Å². The van der Waals surface area contributed by atoms with E-state index in [4.69, 9.17) is 9.47 Å². The Kier molecular flexibility index (Phi) is 5.30. The minimum Gasteiger partial charge on any atom is -0.504 e. The van der Waals surface area contributed by atoms with Gasteiger partial charge in [-0.25, -0.2) is 9.69 Å². The average Bonchev–Trinajstić information content (AvgIpc) is 2.67. The van der Waals surface area contributed by atoms with Crippen LogP contribution in [-0.2, 0) is 9.59 Å². The summed E-state index contributed by atoms with van der Waals surface area (Å²) < 4.78 is 10.4. The standard InChI is InChI=1S/C20H18N2O6/c1-3-28-14-7-5-13(6-8-14)22-19(25)15(18(24)21-20(22)26)10-12-4-9-16(23)17(11-12)27-2/h4-11,23H,3H2,1-2H3,(H,21,24,26)/b15-10+. The monoisotopic (exact) mass is 382 g/mol. The molecule has 1 aliphatic heterocycles. The van der Waals surface area contributed by atoms with Gasteiger partial charge in [0.1, 0.15) is 11.3 Å². The summed E-state index contributed by atoms with van der Waals surface area (Å²) in [6, 6.07) is 9.90. The number of nitrogens with one attached hydrogen (secondary N) is 1. The molecule has 1 fully saturated rings. The number of nitrogens with zero attached hydrogens (tertiary/aromatic N) is 1. The van der Waals surface area contributed by atoms with E-state index in [0.717, 1.165) is 4.90 Å². The Bertz CT molecular complexity index is 965. The molecule has 0 bridgehead atoms. The molecular formula is C20H18N2O6. The highest BCUT2D eigenvalue weighted by Gasteiger charge is 2.36. The van der Waals surface area contributed by atoms with Crippen LogP contribution in [0.4, 0.5) is 10.5 Å². The molecule has 0 spiro atoms. The first kappa shape index (κ1) is 19.0. The van der Waals surface area contributed by atoms with Crippen molar-refractivity contribution in [3.05, 3.63) is 53.6 Å². The number of amides is 4. The summed E-state index contributed by atoms with van der Waals surface area (Å²) in [4.78, 5) is 38.2. The van der Waals surface area contributed by atoms with Crippen molar-refractivity contribution in [2.45, 2.75) is 6.92 Å². The summed E-state index contributed by atoms with van der Waals surface area (Å²) in [5, 5.41) is 11.8. The molecule has 1 saturated heterocycles. The van der Waals surface area contributed by atoms with Gasteiger partial charge in [0.15, 0.2) is 11.5 Å². The van der Waals surface area contributed by atoms with Crippen molar-refractivity contribution in [3.8, 4) is 17.2 Å². The van der Waals surface area contributed by atoms with E-state index in [1.807, 2.05) is 6.92 Å². The van der Waals surface area contributed by atoms with Gasteiger partial charge in [0, 0.05) is 0 Å². The minimum atomic E-state index is -0.834. The molecule has 8 nitrogen and oxygen atoms in total. The largest absolute Gasteiger partial charge is 0.504 e. The lowest BCUT2D eigenvalue weighted by atomic mass is 10.1. The van der Waals surface area contributed by atoms with E-state index in [9.17, 15) is 19.5 Å². The van der Waals surface area contributed by atoms with Gasteiger partial charge in [0.25, 0.3) is 11.8 Å². The van der Waals surface area contributed by atoms with Gasteiger partial charge in [0.05, 0.1) is 19.4 Å². The Labute approximate surface area is 161 Å². The quantitative estimate of drug-likeness (QED) is 0.608. The van der Waals surface area contributed by atoms with Gasteiger partial charge in [-0.3, -0.25) is 14.9 Å². The van der Waals surface area contributed by atoms with Crippen molar-refractivity contribution >= 4 is 29.6 Å². The molecule has 3 rings (SSSR count). The average molecular weight is 382 g/mol. The second-order valence-electron chi connectivity index (χ2n) is 5.82. The van der Waals surface area contributed by atoms with Gasteiger partial charge in [0.2, 0.25) is 0 Å². The van der Waals surface area contributed by atoms with Crippen molar-refractivity contribution in [1.29, 1.82) is 0 Å². The fraction of sp³-hybridized carbons (Fsp3) is 0.150. The first-order valence-electron chi connectivity index (χ1n) is 8.46. The Morgan fingerprint density at radius 1 is 1.11 bits per heavy atom. The van der Waals surface area contributed by atoms with Crippen LogP contribution in [0.15, 0.2) is 48.0 Å². The molecule has 4 amide bonds. The van der Waals surface area contributed by atoms with Crippen LogP contribution < -0.4 is 19.7 Å². The fourth-order valence-electron chi connectivity index (χ4n) is 2.70. The second-order valence-corrected chi connectivity index (χ2v) is 5.82. The highest BCUT2D eigenvalue weighted by Crippen LogP contribution is 2.28. The molecule has 0 radical (unpaired) electrons. The molecular weight excluding hydrogens is 364 g/mol. The number of carbonyl (C=O) groups is 3. The molecule has 0 aliphatic carbocycles. The maximum atomic E-state index is 12.8. The number of aromatic hydroxyl groups is 1. The van der Waals surface area contributed by atoms with Crippen molar-refractivity contribution in [1.82, 2.24) is 5.32 Å². The molecule has 144 valence electrons. The zero-order chi connectivity index (χ0) is 20.3. The zero-order valence-corrected chi connectivity index (χ0v) is 15.3. The normalized spacial score (nSPS) is 15.6. The molecule has 8 heteroatoms. The van der Waals surface area contributed by atoms with E-state index in [-0.39, 0.29) is 17.1 Å². The van der Waals surface area contributed by atoms with Crippen molar-refractivity contribution in [2.24, 2.45) is 0 Å². The highest BCUT2D eigenvalue weighted by atomic mass is 16.5. The number of imide groups is 2. The van der Waals surface area contributed by atoms with E-state index in [0.29, 0.717) is 23.6 Å². The first-order valence-corrected chi connectivity index (χ1v) is 8.46. The molecule has 0 saturated carbocycles. The van der Waals surface area contributed by atoms with Crippen molar-refractivity contribution in [2.75, 3.05) is 18.6 Å². The minimum absolute atomic E-state index is 0.0738. The summed E-state index contributed by atoms with van der Waals surface area (Å²) in [5.41, 5.74) is 0.531. The van der Waals surface area contributed by atoms with Gasteiger partial charge in [-0.05, 0) is 55.0 Å². The third-order valence-corrected chi connectivity index (χ3v) is 4.02. The number of carbonyl (C=O) groups excluding carboxylic acids is 3. The molecule has 0 aromatic heterocycles. The van der Waals surface area contributed by atoms with Crippen LogP contribution in [0.3, 0.4) is 0 Å². The Morgan fingerprint density at radius 3 is 2.46 bits per heavy atom. The number of hydrogen-bond acceptors (Lipinski definition) is 6. The molecule has 1 heterocycles. The fourth-order valence-corrected chi connectivity index (χ4v) is 2.70. The summed E-state index contributed by atoms with van der Waals surface area (Å²) in [6.07, 6.45) is 1.33. The number of hydrogen-bond donors (Lipinski definition) is 2. The van der Waals surface area contributed by atoms with Crippen LogP contribution in [0.25, 0.3) is 6.08 Å². The topological polar surface area (TPSA) is 105 Å². The van der Waals surface area contributed by atoms with Crippen LogP contribution in [0.5, 0.6) is 17.2 Å². The van der Waals surface area contributed by atoms with Crippen molar-refractivity contribution < 1.29 is 29.0 Å². The number of methoxy groups -OCH3 is 1. The number of rotatable bonds is 5. The van der Waals surface area contributed by atoms with Crippen LogP contribution in [0, 0.1) is 0 Å². The number of anilines is 1. The van der Waals surface area contributed by atoms with E-state index in [2.05, 4.69) is 5.32 Å². The molecule has 2 aromatic rings. The number of barbiturate groups is 1. The zero-order valence-electron chi connectivity index (χ0n) is 15.3. The predicted octanol–water partition coefficient (Wildman–Crippen LogP) is 2.47. The van der Waals surface area contributed by atoms with Gasteiger partial charge < -0.3 is 14.6 Å². The van der Waals surface area contributed by atoms with Gasteiger partial charge in [-0.2, -0.15) is 0 Å². The van der Waals surface area contributed by atoms with Crippen LogP contribution >= 0.6 is 0 Å². The number of urea groups is 1. The lowest BCUT2D eigenvalue weighted by Gasteiger charge is -2.26. The number of benzene rings is 2. The van der Waals surface area contributed by atoms with E-state index >= 15 is 0 Å². The predicted molar refractivity (Wildman–Crippen MR) is 101 cm³/mol. The summed E-state index contributed by atoms with van der Waals surface area (Å²) in [7, 11) is 1.39. The lowest BCUT2D eigenvalue weighted by molar-refractivity contribution is -0.122. The van der Waals surface area contributed by atoms with Gasteiger partial charge in [-0.1, -0.05) is 6.07 Å². The number of phenolic OH excluding ortho intramolecular Hbond substituents is 1. The van der Waals surface area contributed by atoms with E-state index in [1.165, 1.54) is 31.4 Å². The maximum absolute atomic E-state index is 12.8. The Balaban J connectivity index is 1.95. The van der Waals surface area contributed by atoms with Crippen LogP contribution in [-0.4, -0.2) is 36.7 Å². The summed E-state index contributed by atoms with van der Waals surface area (Å²) in [5.74, 6) is -0.846. The second kappa shape index (κ2) is 7.83. The molecule has 2 aromatic carbocycles. The maximum Gasteiger partial charge on any atom is 0.335 e. The number of ether oxygens (including phenoxy) is 2. The molecule has 0 unspecified atom stereocenters. The molecule has 0 atom stereocenters. The summed E-state index contributed by atoms with van der Waals surface area (Å²) >= 11 is 0. The molecule has 28 heavy (non-hydrogen) atoms. The molecule has 1 aliphatic rings. The smallest absolute Gasteiger partial charge is 0.335 e. The van der Waals surface area contributed by atoms with Crippen LogP contribution in [0.1, 0.15) is 12.5 Å². The van der Waals surface area contributed by atoms with Gasteiger partial charge >= 0.3 is 6.03 Å². The lowest BCUT2D eigenvalue weighted by Crippen LogP contribution is -2.54. The van der Waals surface area contributed by atoms with E-state index < -0.39 is 17.8 Å². The Morgan fingerprint density at radius 2 is 1.82 bits per heavy atom. The third kappa shape index (κ3) is 3.66. The Hall–Kier alpha value is -3.81. The number of phenols is 1. The summed E-state index contributed by atoms with van der Waals surface area (Å²) in [6.45, 7) is 2.33. The third-order valence-electron chi connectivity index (χ3n) is 4.02. The van der Waals surface area contributed by atoms with Crippen LogP contribution in [0.2, 0.25) is 0 Å². The SMILES string of the molecule is CCOc1ccc(N2C(=O)NC(=O)/C(=C\c3ccc(O)c(OC)c3)C2=O)cc1. The van der Waals surface area contributed by atoms with E-state index in [1.54, 1.807) is 24.3 Å². The first-order chi connectivity index (χ1) is 13.4.